The Balaban J connectivity index is 1.31. The number of fused-ring (bicyclic) bond motifs is 1. The number of rotatable bonds is 6. The lowest BCUT2D eigenvalue weighted by Gasteiger charge is -2.34. The molecule has 1 atom stereocenters. The van der Waals surface area contributed by atoms with Crippen molar-refractivity contribution in [2.45, 2.75) is 19.6 Å². The van der Waals surface area contributed by atoms with Crippen LogP contribution >= 0.6 is 0 Å². The predicted molar refractivity (Wildman–Crippen MR) is 122 cm³/mol. The number of ether oxygens (including phenoxy) is 1. The van der Waals surface area contributed by atoms with Gasteiger partial charge in [-0.25, -0.2) is 0 Å². The summed E-state index contributed by atoms with van der Waals surface area (Å²) in [7, 11) is 2.16. The molecule has 3 aromatic rings. The minimum absolute atomic E-state index is 0.119. The van der Waals surface area contributed by atoms with Gasteiger partial charge in [0.1, 0.15) is 5.75 Å². The number of hydrogen-bond acceptors (Lipinski definition) is 4. The molecule has 0 saturated carbocycles. The Morgan fingerprint density at radius 1 is 0.967 bits per heavy atom. The smallest absolute Gasteiger partial charge is 0.261 e. The van der Waals surface area contributed by atoms with E-state index in [0.717, 1.165) is 48.3 Å². The third-order valence-corrected chi connectivity index (χ3v) is 5.69. The summed E-state index contributed by atoms with van der Waals surface area (Å²) >= 11 is 0. The number of piperazine rings is 1. The summed E-state index contributed by atoms with van der Waals surface area (Å²) < 4.78 is 5.96. The zero-order valence-electron chi connectivity index (χ0n) is 17.7. The maximum Gasteiger partial charge on any atom is 0.261 e. The minimum Gasteiger partial charge on any atom is -0.480 e. The lowest BCUT2D eigenvalue weighted by molar-refractivity contribution is -0.127. The fraction of sp³-hybridized carbons (Fsp3) is 0.320. The summed E-state index contributed by atoms with van der Waals surface area (Å²) in [6, 6.07) is 22.4. The Labute approximate surface area is 178 Å². The molecule has 30 heavy (non-hydrogen) atoms. The molecular formula is C25H29N3O2. The molecule has 1 aliphatic heterocycles. The first kappa shape index (κ1) is 20.2. The van der Waals surface area contributed by atoms with Crippen molar-refractivity contribution in [1.82, 2.24) is 10.2 Å². The molecule has 1 heterocycles. The molecule has 1 unspecified atom stereocenters. The summed E-state index contributed by atoms with van der Waals surface area (Å²) in [5, 5.41) is 5.10. The Morgan fingerprint density at radius 2 is 1.67 bits per heavy atom. The molecular weight excluding hydrogens is 374 g/mol. The van der Waals surface area contributed by atoms with Gasteiger partial charge in [0, 0.05) is 43.8 Å². The number of carbonyl (C=O) groups is 1. The standard InChI is InChI=1S/C25H29N3O2/c1-19(30-24-9-5-7-21-6-3-4-8-23(21)24)25(29)26-18-20-10-12-22(13-11-20)28-16-14-27(2)15-17-28/h3-13,19H,14-18H2,1-2H3,(H,26,29). The van der Waals surface area contributed by atoms with Crippen LogP contribution in [0.2, 0.25) is 0 Å². The second-order valence-electron chi connectivity index (χ2n) is 7.91. The molecule has 0 aromatic heterocycles. The van der Waals surface area contributed by atoms with E-state index in [1.165, 1.54) is 5.69 Å². The number of carbonyl (C=O) groups excluding carboxylic acids is 1. The van der Waals surface area contributed by atoms with Gasteiger partial charge in [0.15, 0.2) is 6.10 Å². The molecule has 0 radical (unpaired) electrons. The van der Waals surface area contributed by atoms with E-state index in [4.69, 9.17) is 4.74 Å². The van der Waals surface area contributed by atoms with Gasteiger partial charge < -0.3 is 19.9 Å². The van der Waals surface area contributed by atoms with Gasteiger partial charge in [0.25, 0.3) is 5.91 Å². The Bertz CT molecular complexity index is 989. The number of anilines is 1. The highest BCUT2D eigenvalue weighted by atomic mass is 16.5. The van der Waals surface area contributed by atoms with E-state index in [1.807, 2.05) is 42.5 Å². The van der Waals surface area contributed by atoms with Crippen molar-refractivity contribution in [2.75, 3.05) is 38.1 Å². The van der Waals surface area contributed by atoms with Gasteiger partial charge in [-0.2, -0.15) is 0 Å². The van der Waals surface area contributed by atoms with Crippen LogP contribution in [0.1, 0.15) is 12.5 Å². The lowest BCUT2D eigenvalue weighted by atomic mass is 10.1. The lowest BCUT2D eigenvalue weighted by Crippen LogP contribution is -2.44. The fourth-order valence-corrected chi connectivity index (χ4v) is 3.76. The van der Waals surface area contributed by atoms with Crippen LogP contribution in [-0.2, 0) is 11.3 Å². The minimum atomic E-state index is -0.569. The molecule has 5 heteroatoms. The van der Waals surface area contributed by atoms with Crippen LogP contribution in [0.4, 0.5) is 5.69 Å². The topological polar surface area (TPSA) is 44.8 Å². The molecule has 0 aliphatic carbocycles. The molecule has 156 valence electrons. The van der Waals surface area contributed by atoms with Crippen LogP contribution in [0.5, 0.6) is 5.75 Å². The third kappa shape index (κ3) is 4.74. The molecule has 1 N–H and O–H groups in total. The van der Waals surface area contributed by atoms with Crippen molar-refractivity contribution in [3.05, 3.63) is 72.3 Å². The van der Waals surface area contributed by atoms with E-state index < -0.39 is 6.10 Å². The first-order chi connectivity index (χ1) is 14.6. The van der Waals surface area contributed by atoms with Crippen LogP contribution in [0.15, 0.2) is 66.7 Å². The van der Waals surface area contributed by atoms with E-state index in [9.17, 15) is 4.79 Å². The SMILES string of the molecule is CC(Oc1cccc2ccccc12)C(=O)NCc1ccc(N2CCN(C)CC2)cc1. The molecule has 5 nitrogen and oxygen atoms in total. The monoisotopic (exact) mass is 403 g/mol. The summed E-state index contributed by atoms with van der Waals surface area (Å²) in [5.41, 5.74) is 2.32. The summed E-state index contributed by atoms with van der Waals surface area (Å²) in [5.74, 6) is 0.610. The third-order valence-electron chi connectivity index (χ3n) is 5.69. The Morgan fingerprint density at radius 3 is 2.43 bits per heavy atom. The summed E-state index contributed by atoms with van der Waals surface area (Å²) in [6.07, 6.45) is -0.569. The van der Waals surface area contributed by atoms with E-state index in [2.05, 4.69) is 46.4 Å². The normalized spacial score (nSPS) is 15.7. The number of nitrogens with zero attached hydrogens (tertiary/aromatic N) is 2. The molecule has 0 bridgehead atoms. The summed E-state index contributed by atoms with van der Waals surface area (Å²) in [4.78, 5) is 17.3. The maximum absolute atomic E-state index is 12.6. The average molecular weight is 404 g/mol. The van der Waals surface area contributed by atoms with Crippen LogP contribution in [0.25, 0.3) is 10.8 Å². The second-order valence-corrected chi connectivity index (χ2v) is 7.91. The number of likely N-dealkylation sites (N-methyl/N-ethyl adjacent to an activating group) is 1. The first-order valence-electron chi connectivity index (χ1n) is 10.5. The van der Waals surface area contributed by atoms with Gasteiger partial charge >= 0.3 is 0 Å². The van der Waals surface area contributed by atoms with Gasteiger partial charge in [0.05, 0.1) is 0 Å². The van der Waals surface area contributed by atoms with Gasteiger partial charge in [-0.3, -0.25) is 4.79 Å². The first-order valence-corrected chi connectivity index (χ1v) is 10.5. The average Bonchev–Trinajstić information content (AvgIpc) is 2.78. The van der Waals surface area contributed by atoms with Crippen molar-refractivity contribution in [3.63, 3.8) is 0 Å². The van der Waals surface area contributed by atoms with Crippen LogP contribution in [-0.4, -0.2) is 50.1 Å². The van der Waals surface area contributed by atoms with Crippen molar-refractivity contribution in [1.29, 1.82) is 0 Å². The molecule has 1 aliphatic rings. The highest BCUT2D eigenvalue weighted by Gasteiger charge is 2.16. The van der Waals surface area contributed by atoms with Gasteiger partial charge in [0.2, 0.25) is 0 Å². The van der Waals surface area contributed by atoms with E-state index in [0.29, 0.717) is 6.54 Å². The number of nitrogens with one attached hydrogen (secondary N) is 1. The van der Waals surface area contributed by atoms with Crippen molar-refractivity contribution in [2.24, 2.45) is 0 Å². The Kier molecular flexibility index (Phi) is 6.19. The number of hydrogen-bond donors (Lipinski definition) is 1. The zero-order chi connectivity index (χ0) is 20.9. The van der Waals surface area contributed by atoms with Gasteiger partial charge in [-0.15, -0.1) is 0 Å². The predicted octanol–water partition coefficient (Wildman–Crippen LogP) is 3.68. The van der Waals surface area contributed by atoms with Gasteiger partial charge in [-0.05, 0) is 43.1 Å². The molecule has 1 amide bonds. The number of amides is 1. The number of benzene rings is 3. The molecule has 3 aromatic carbocycles. The Hall–Kier alpha value is -3.05. The van der Waals surface area contributed by atoms with E-state index >= 15 is 0 Å². The summed E-state index contributed by atoms with van der Waals surface area (Å²) in [6.45, 7) is 6.56. The molecule has 0 spiro atoms. The molecule has 1 saturated heterocycles. The van der Waals surface area contributed by atoms with Crippen molar-refractivity contribution >= 4 is 22.4 Å². The molecule has 4 rings (SSSR count). The second kappa shape index (κ2) is 9.18. The van der Waals surface area contributed by atoms with Crippen LogP contribution in [0, 0.1) is 0 Å². The van der Waals surface area contributed by atoms with Crippen molar-refractivity contribution < 1.29 is 9.53 Å². The largest absolute Gasteiger partial charge is 0.480 e. The van der Waals surface area contributed by atoms with Gasteiger partial charge in [-0.1, -0.05) is 48.5 Å². The quantitative estimate of drug-likeness (QED) is 0.682. The van der Waals surface area contributed by atoms with E-state index in [-0.39, 0.29) is 5.91 Å². The van der Waals surface area contributed by atoms with Crippen LogP contribution < -0.4 is 15.0 Å². The highest BCUT2D eigenvalue weighted by molar-refractivity contribution is 5.89. The van der Waals surface area contributed by atoms with E-state index in [1.54, 1.807) is 6.92 Å². The highest BCUT2D eigenvalue weighted by Crippen LogP contribution is 2.26. The van der Waals surface area contributed by atoms with Crippen molar-refractivity contribution in [3.8, 4) is 5.75 Å². The van der Waals surface area contributed by atoms with Crippen LogP contribution in [0.3, 0.4) is 0 Å². The zero-order valence-corrected chi connectivity index (χ0v) is 17.7. The fourth-order valence-electron chi connectivity index (χ4n) is 3.76. The molecule has 1 fully saturated rings. The maximum atomic E-state index is 12.6.